The van der Waals surface area contributed by atoms with E-state index in [2.05, 4.69) is 35.5 Å². The predicted molar refractivity (Wildman–Crippen MR) is 106 cm³/mol. The van der Waals surface area contributed by atoms with Gasteiger partial charge in [-0.15, -0.1) is 11.3 Å². The van der Waals surface area contributed by atoms with Gasteiger partial charge in [0.25, 0.3) is 0 Å². The monoisotopic (exact) mass is 412 g/mol. The summed E-state index contributed by atoms with van der Waals surface area (Å²) in [5.74, 6) is 1.50. The number of aromatic amines is 1. The zero-order valence-electron chi connectivity index (χ0n) is 15.7. The Kier molecular flexibility index (Phi) is 4.23. The number of nitrogens with zero attached hydrogens (tertiary/aromatic N) is 6. The van der Waals surface area contributed by atoms with Gasteiger partial charge in [-0.3, -0.25) is 5.10 Å². The van der Waals surface area contributed by atoms with Crippen LogP contribution < -0.4 is 10.2 Å². The number of aromatic nitrogens is 6. The van der Waals surface area contributed by atoms with Gasteiger partial charge in [0.1, 0.15) is 5.76 Å². The molecule has 0 atom stereocenters. The standard InChI is InChI=1S/C18H17FN8OS/c1-9-13(10(2)28-26-9)8-27-4-3-14-15(12-7-22-25-16(12)27)23-18(29-14)24-17-20-5-11(19)6-21-17/h5-7H,3-4,8H2,1-2H3,(H,22,25)(H,20,21,23,24). The first-order valence-corrected chi connectivity index (χ1v) is 9.85. The van der Waals surface area contributed by atoms with Crippen LogP contribution >= 0.6 is 11.3 Å². The first kappa shape index (κ1) is 17.7. The molecule has 0 radical (unpaired) electrons. The van der Waals surface area contributed by atoms with E-state index in [9.17, 15) is 4.39 Å². The average Bonchev–Trinajstić information content (AvgIpc) is 3.40. The van der Waals surface area contributed by atoms with Crippen LogP contribution in [0, 0.1) is 19.7 Å². The second kappa shape index (κ2) is 6.92. The number of H-pyrrole nitrogens is 1. The van der Waals surface area contributed by atoms with Gasteiger partial charge in [-0.2, -0.15) is 5.10 Å². The van der Waals surface area contributed by atoms with E-state index in [1.54, 1.807) is 0 Å². The van der Waals surface area contributed by atoms with E-state index in [4.69, 9.17) is 9.51 Å². The molecule has 11 heteroatoms. The molecule has 0 aliphatic carbocycles. The third-order valence-electron chi connectivity index (χ3n) is 4.85. The smallest absolute Gasteiger partial charge is 0.229 e. The Bertz CT molecular complexity index is 1150. The summed E-state index contributed by atoms with van der Waals surface area (Å²) in [6.45, 7) is 5.32. The molecule has 1 aliphatic heterocycles. The molecule has 4 aromatic rings. The third-order valence-corrected chi connectivity index (χ3v) is 5.88. The maximum Gasteiger partial charge on any atom is 0.229 e. The molecule has 0 fully saturated rings. The SMILES string of the molecule is Cc1noc(C)c1CN1CCc2sc(Nc3ncc(F)cn3)nc2-c2c[nH]nc21. The third kappa shape index (κ3) is 3.23. The van der Waals surface area contributed by atoms with Crippen LogP contribution in [0.15, 0.2) is 23.1 Å². The number of hydrogen-bond acceptors (Lipinski definition) is 9. The van der Waals surface area contributed by atoms with Crippen LogP contribution in [-0.4, -0.2) is 36.9 Å². The van der Waals surface area contributed by atoms with Gasteiger partial charge in [0, 0.05) is 36.1 Å². The van der Waals surface area contributed by atoms with E-state index in [1.165, 1.54) is 11.3 Å². The van der Waals surface area contributed by atoms with Crippen molar-refractivity contribution in [2.24, 2.45) is 0 Å². The van der Waals surface area contributed by atoms with Crippen molar-refractivity contribution in [3.05, 3.63) is 46.3 Å². The maximum absolute atomic E-state index is 13.0. The number of thiazole rings is 1. The van der Waals surface area contributed by atoms with Crippen LogP contribution in [0.25, 0.3) is 11.3 Å². The van der Waals surface area contributed by atoms with Gasteiger partial charge in [0.15, 0.2) is 16.8 Å². The summed E-state index contributed by atoms with van der Waals surface area (Å²) in [6.07, 6.45) is 4.92. The van der Waals surface area contributed by atoms with Crippen LogP contribution in [0.3, 0.4) is 0 Å². The Morgan fingerprint density at radius 3 is 2.90 bits per heavy atom. The zero-order valence-corrected chi connectivity index (χ0v) is 16.5. The van der Waals surface area contributed by atoms with Gasteiger partial charge >= 0.3 is 0 Å². The molecule has 0 saturated heterocycles. The van der Waals surface area contributed by atoms with E-state index >= 15 is 0 Å². The van der Waals surface area contributed by atoms with Gasteiger partial charge in [-0.05, 0) is 13.8 Å². The first-order valence-electron chi connectivity index (χ1n) is 9.03. The van der Waals surface area contributed by atoms with Crippen molar-refractivity contribution >= 4 is 28.2 Å². The van der Waals surface area contributed by atoms with Crippen LogP contribution in [0.5, 0.6) is 0 Å². The number of rotatable bonds is 4. The van der Waals surface area contributed by atoms with Gasteiger partial charge in [-0.1, -0.05) is 5.16 Å². The molecule has 0 unspecified atom stereocenters. The minimum Gasteiger partial charge on any atom is -0.361 e. The molecule has 4 aromatic heterocycles. The van der Waals surface area contributed by atoms with E-state index in [0.717, 1.165) is 64.3 Å². The second-order valence-electron chi connectivity index (χ2n) is 6.74. The predicted octanol–water partition coefficient (Wildman–Crippen LogP) is 3.37. The lowest BCUT2D eigenvalue weighted by Gasteiger charge is -2.21. The molecule has 0 saturated carbocycles. The zero-order chi connectivity index (χ0) is 20.0. The van der Waals surface area contributed by atoms with Gasteiger partial charge in [-0.25, -0.2) is 19.3 Å². The van der Waals surface area contributed by atoms with Crippen molar-refractivity contribution in [1.82, 2.24) is 30.3 Å². The fourth-order valence-electron chi connectivity index (χ4n) is 3.37. The van der Waals surface area contributed by atoms with Crippen molar-refractivity contribution in [2.75, 3.05) is 16.8 Å². The molecular formula is C18H17FN8OS. The molecule has 0 aromatic carbocycles. The number of hydrogen-bond donors (Lipinski definition) is 2. The molecule has 0 spiro atoms. The van der Waals surface area contributed by atoms with Crippen LogP contribution in [0.1, 0.15) is 21.9 Å². The number of aryl methyl sites for hydroxylation is 2. The first-order chi connectivity index (χ1) is 14.1. The topological polar surface area (TPSA) is 109 Å². The van der Waals surface area contributed by atoms with Crippen molar-refractivity contribution < 1.29 is 8.91 Å². The Hall–Kier alpha value is -3.34. The number of halogens is 1. The molecule has 29 heavy (non-hydrogen) atoms. The highest BCUT2D eigenvalue weighted by Crippen LogP contribution is 2.39. The van der Waals surface area contributed by atoms with Crippen LogP contribution in [0.4, 0.5) is 21.3 Å². The highest BCUT2D eigenvalue weighted by atomic mass is 32.1. The summed E-state index contributed by atoms with van der Waals surface area (Å²) < 4.78 is 18.3. The van der Waals surface area contributed by atoms with Crippen LogP contribution in [-0.2, 0) is 13.0 Å². The fraction of sp³-hybridized carbons (Fsp3) is 0.278. The largest absolute Gasteiger partial charge is 0.361 e. The quantitative estimate of drug-likeness (QED) is 0.525. The molecule has 1 aliphatic rings. The summed E-state index contributed by atoms with van der Waals surface area (Å²) in [7, 11) is 0. The molecule has 0 bridgehead atoms. The summed E-state index contributed by atoms with van der Waals surface area (Å²) >= 11 is 1.54. The molecule has 2 N–H and O–H groups in total. The van der Waals surface area contributed by atoms with Gasteiger partial charge in [0.2, 0.25) is 5.95 Å². The highest BCUT2D eigenvalue weighted by Gasteiger charge is 2.27. The van der Waals surface area contributed by atoms with E-state index in [1.807, 2.05) is 20.0 Å². The maximum atomic E-state index is 13.0. The average molecular weight is 412 g/mol. The Labute approximate surface area is 169 Å². The minimum absolute atomic E-state index is 0.308. The fourth-order valence-corrected chi connectivity index (χ4v) is 4.33. The highest BCUT2D eigenvalue weighted by molar-refractivity contribution is 7.16. The molecule has 5 heterocycles. The van der Waals surface area contributed by atoms with E-state index in [0.29, 0.717) is 17.6 Å². The van der Waals surface area contributed by atoms with Gasteiger partial charge in [0.05, 0.1) is 29.3 Å². The van der Waals surface area contributed by atoms with Crippen molar-refractivity contribution in [1.29, 1.82) is 0 Å². The summed E-state index contributed by atoms with van der Waals surface area (Å²) in [5, 5.41) is 15.2. The molecule has 148 valence electrons. The number of anilines is 3. The van der Waals surface area contributed by atoms with E-state index < -0.39 is 5.82 Å². The summed E-state index contributed by atoms with van der Waals surface area (Å²) in [5.41, 5.74) is 3.79. The molecular weight excluding hydrogens is 395 g/mol. The minimum atomic E-state index is -0.480. The Morgan fingerprint density at radius 1 is 1.31 bits per heavy atom. The number of nitrogens with one attached hydrogen (secondary N) is 2. The summed E-state index contributed by atoms with van der Waals surface area (Å²) in [6, 6.07) is 0. The lowest BCUT2D eigenvalue weighted by atomic mass is 10.2. The van der Waals surface area contributed by atoms with Gasteiger partial charge < -0.3 is 14.7 Å². The molecule has 5 rings (SSSR count). The van der Waals surface area contributed by atoms with Crippen molar-refractivity contribution in [3.8, 4) is 11.3 Å². The van der Waals surface area contributed by atoms with Crippen molar-refractivity contribution in [3.63, 3.8) is 0 Å². The Balaban J connectivity index is 1.45. The number of fused-ring (bicyclic) bond motifs is 3. The second-order valence-corrected chi connectivity index (χ2v) is 7.82. The molecule has 0 amide bonds. The lowest BCUT2D eigenvalue weighted by molar-refractivity contribution is 0.392. The van der Waals surface area contributed by atoms with Crippen LogP contribution in [0.2, 0.25) is 0 Å². The lowest BCUT2D eigenvalue weighted by Crippen LogP contribution is -2.25. The normalized spacial score (nSPS) is 13.1. The Morgan fingerprint density at radius 2 is 2.14 bits per heavy atom. The van der Waals surface area contributed by atoms with E-state index in [-0.39, 0.29) is 0 Å². The summed E-state index contributed by atoms with van der Waals surface area (Å²) in [4.78, 5) is 15.9. The van der Waals surface area contributed by atoms with Crippen molar-refractivity contribution in [2.45, 2.75) is 26.8 Å². The molecule has 9 nitrogen and oxygen atoms in total.